The highest BCUT2D eigenvalue weighted by Gasteiger charge is 2.22. The van der Waals surface area contributed by atoms with Gasteiger partial charge in [0.15, 0.2) is 0 Å². The molecule has 5 heteroatoms. The number of halogens is 1. The Morgan fingerprint density at radius 2 is 2.31 bits per heavy atom. The Labute approximate surface area is 104 Å². The van der Waals surface area contributed by atoms with Crippen LogP contribution in [0, 0.1) is 6.92 Å². The number of nitrogens with two attached hydrogens (primary N) is 1. The molecular formula is C11H14ClN3S. The summed E-state index contributed by atoms with van der Waals surface area (Å²) >= 11 is 7.60. The van der Waals surface area contributed by atoms with E-state index in [-0.39, 0.29) is 12.1 Å². The van der Waals surface area contributed by atoms with Crippen LogP contribution in [-0.2, 0) is 0 Å². The SMILES string of the molecule is Cc1ccsc1C(C(C)N)n1cc(Cl)cn1. The predicted molar refractivity (Wildman–Crippen MR) is 68.1 cm³/mol. The maximum Gasteiger partial charge on any atom is 0.101 e. The van der Waals surface area contributed by atoms with Gasteiger partial charge in [0.1, 0.15) is 6.04 Å². The molecule has 16 heavy (non-hydrogen) atoms. The molecule has 3 nitrogen and oxygen atoms in total. The van der Waals surface area contributed by atoms with Gasteiger partial charge in [-0.15, -0.1) is 11.3 Å². The van der Waals surface area contributed by atoms with Crippen LogP contribution >= 0.6 is 22.9 Å². The smallest absolute Gasteiger partial charge is 0.101 e. The Morgan fingerprint density at radius 1 is 1.56 bits per heavy atom. The zero-order valence-corrected chi connectivity index (χ0v) is 10.8. The van der Waals surface area contributed by atoms with Gasteiger partial charge in [-0.05, 0) is 30.9 Å². The third-order valence-corrected chi connectivity index (χ3v) is 3.81. The van der Waals surface area contributed by atoms with Gasteiger partial charge in [0.05, 0.1) is 11.2 Å². The molecule has 0 radical (unpaired) electrons. The molecule has 2 rings (SSSR count). The number of rotatable bonds is 3. The number of thiophene rings is 1. The van der Waals surface area contributed by atoms with Crippen molar-refractivity contribution in [3.8, 4) is 0 Å². The average molecular weight is 256 g/mol. The van der Waals surface area contributed by atoms with Gasteiger partial charge < -0.3 is 5.73 Å². The van der Waals surface area contributed by atoms with Crippen molar-refractivity contribution in [1.82, 2.24) is 9.78 Å². The van der Waals surface area contributed by atoms with Crippen LogP contribution in [0.4, 0.5) is 0 Å². The molecule has 0 aliphatic heterocycles. The van der Waals surface area contributed by atoms with Gasteiger partial charge in [0, 0.05) is 17.1 Å². The monoisotopic (exact) mass is 255 g/mol. The normalized spacial score (nSPS) is 15.0. The fourth-order valence-electron chi connectivity index (χ4n) is 1.75. The molecule has 0 saturated carbocycles. The van der Waals surface area contributed by atoms with E-state index in [2.05, 4.69) is 23.5 Å². The van der Waals surface area contributed by atoms with E-state index in [0.29, 0.717) is 5.02 Å². The fourth-order valence-corrected chi connectivity index (χ4v) is 3.03. The maximum absolute atomic E-state index is 6.04. The lowest BCUT2D eigenvalue weighted by atomic mass is 10.1. The molecule has 0 amide bonds. The summed E-state index contributed by atoms with van der Waals surface area (Å²) in [4.78, 5) is 1.25. The lowest BCUT2D eigenvalue weighted by molar-refractivity contribution is 0.459. The summed E-state index contributed by atoms with van der Waals surface area (Å²) in [6, 6.07) is 2.15. The summed E-state index contributed by atoms with van der Waals surface area (Å²) in [6.07, 6.45) is 3.45. The second kappa shape index (κ2) is 4.57. The first-order valence-corrected chi connectivity index (χ1v) is 6.34. The minimum Gasteiger partial charge on any atom is -0.326 e. The van der Waals surface area contributed by atoms with Crippen LogP contribution < -0.4 is 5.73 Å². The molecule has 2 unspecified atom stereocenters. The zero-order valence-electron chi connectivity index (χ0n) is 9.22. The van der Waals surface area contributed by atoms with E-state index in [1.54, 1.807) is 17.5 Å². The molecule has 0 aliphatic rings. The summed E-state index contributed by atoms with van der Waals surface area (Å²) in [6.45, 7) is 4.08. The van der Waals surface area contributed by atoms with Crippen molar-refractivity contribution in [1.29, 1.82) is 0 Å². The molecule has 86 valence electrons. The van der Waals surface area contributed by atoms with E-state index in [4.69, 9.17) is 17.3 Å². The quantitative estimate of drug-likeness (QED) is 0.917. The van der Waals surface area contributed by atoms with Crippen molar-refractivity contribution < 1.29 is 0 Å². The average Bonchev–Trinajstić information content (AvgIpc) is 2.78. The van der Waals surface area contributed by atoms with E-state index in [9.17, 15) is 0 Å². The van der Waals surface area contributed by atoms with E-state index in [1.165, 1.54) is 10.4 Å². The summed E-state index contributed by atoms with van der Waals surface area (Å²) in [7, 11) is 0. The van der Waals surface area contributed by atoms with Gasteiger partial charge in [0.2, 0.25) is 0 Å². The van der Waals surface area contributed by atoms with Gasteiger partial charge in [-0.2, -0.15) is 5.10 Å². The van der Waals surface area contributed by atoms with Crippen LogP contribution in [-0.4, -0.2) is 15.8 Å². The first-order valence-electron chi connectivity index (χ1n) is 5.09. The first-order chi connectivity index (χ1) is 7.59. The van der Waals surface area contributed by atoms with Crippen LogP contribution in [0.1, 0.15) is 23.4 Å². The van der Waals surface area contributed by atoms with Crippen molar-refractivity contribution >= 4 is 22.9 Å². The van der Waals surface area contributed by atoms with Gasteiger partial charge in [-0.1, -0.05) is 11.6 Å². The lowest BCUT2D eigenvalue weighted by Gasteiger charge is -2.21. The van der Waals surface area contributed by atoms with Crippen molar-refractivity contribution in [2.75, 3.05) is 0 Å². The highest BCUT2D eigenvalue weighted by molar-refractivity contribution is 7.10. The highest BCUT2D eigenvalue weighted by atomic mass is 35.5. The fraction of sp³-hybridized carbons (Fsp3) is 0.364. The first kappa shape index (κ1) is 11.6. The second-order valence-corrected chi connectivity index (χ2v) is 5.29. The number of aromatic nitrogens is 2. The van der Waals surface area contributed by atoms with E-state index in [1.807, 2.05) is 17.8 Å². The molecule has 2 heterocycles. The molecule has 0 bridgehead atoms. The van der Waals surface area contributed by atoms with Gasteiger partial charge >= 0.3 is 0 Å². The molecule has 0 spiro atoms. The molecule has 0 aliphatic carbocycles. The molecule has 0 aromatic carbocycles. The summed E-state index contributed by atoms with van der Waals surface area (Å²) < 4.78 is 1.84. The summed E-state index contributed by atoms with van der Waals surface area (Å²) in [5.74, 6) is 0. The Hall–Kier alpha value is -0.840. The molecular weight excluding hydrogens is 242 g/mol. The number of aryl methyl sites for hydroxylation is 1. The van der Waals surface area contributed by atoms with Crippen molar-refractivity contribution in [2.24, 2.45) is 5.73 Å². The lowest BCUT2D eigenvalue weighted by Crippen LogP contribution is -2.30. The Kier molecular flexibility index (Phi) is 3.33. The zero-order chi connectivity index (χ0) is 11.7. The number of hydrogen-bond acceptors (Lipinski definition) is 3. The summed E-state index contributed by atoms with van der Waals surface area (Å²) in [5.41, 5.74) is 7.29. The third kappa shape index (κ3) is 2.14. The molecule has 2 atom stereocenters. The largest absolute Gasteiger partial charge is 0.326 e. The molecule has 2 aromatic heterocycles. The number of hydrogen-bond donors (Lipinski definition) is 1. The van der Waals surface area contributed by atoms with Gasteiger partial charge in [0.25, 0.3) is 0 Å². The summed E-state index contributed by atoms with van der Waals surface area (Å²) in [5, 5.41) is 6.96. The maximum atomic E-state index is 6.04. The standard InChI is InChI=1S/C11H14ClN3S/c1-7-3-4-16-11(7)10(8(2)13)15-6-9(12)5-14-15/h3-6,8,10H,13H2,1-2H3. The van der Waals surface area contributed by atoms with Crippen LogP contribution in [0.2, 0.25) is 5.02 Å². The molecule has 0 saturated heterocycles. The molecule has 2 N–H and O–H groups in total. The van der Waals surface area contributed by atoms with Crippen molar-refractivity contribution in [3.63, 3.8) is 0 Å². The topological polar surface area (TPSA) is 43.8 Å². The van der Waals surface area contributed by atoms with E-state index in [0.717, 1.165) is 0 Å². The predicted octanol–water partition coefficient (Wildman–Crippen LogP) is 2.84. The molecule has 0 fully saturated rings. The molecule has 2 aromatic rings. The Balaban J connectivity index is 2.42. The van der Waals surface area contributed by atoms with Crippen LogP contribution in [0.3, 0.4) is 0 Å². The minimum absolute atomic E-state index is 0.00619. The van der Waals surface area contributed by atoms with Crippen molar-refractivity contribution in [3.05, 3.63) is 39.3 Å². The van der Waals surface area contributed by atoms with E-state index < -0.39 is 0 Å². The Bertz CT molecular complexity index is 475. The third-order valence-electron chi connectivity index (χ3n) is 2.52. The minimum atomic E-state index is -0.00619. The van der Waals surface area contributed by atoms with Crippen LogP contribution in [0.15, 0.2) is 23.8 Å². The Morgan fingerprint density at radius 3 is 2.75 bits per heavy atom. The van der Waals surface area contributed by atoms with Crippen LogP contribution in [0.5, 0.6) is 0 Å². The van der Waals surface area contributed by atoms with Crippen LogP contribution in [0.25, 0.3) is 0 Å². The van der Waals surface area contributed by atoms with Gasteiger partial charge in [-0.3, -0.25) is 4.68 Å². The highest BCUT2D eigenvalue weighted by Crippen LogP contribution is 2.29. The number of nitrogens with zero attached hydrogens (tertiary/aromatic N) is 2. The van der Waals surface area contributed by atoms with Crippen molar-refractivity contribution in [2.45, 2.75) is 25.9 Å². The van der Waals surface area contributed by atoms with E-state index >= 15 is 0 Å². The van der Waals surface area contributed by atoms with Gasteiger partial charge in [-0.25, -0.2) is 0 Å². The second-order valence-electron chi connectivity index (χ2n) is 3.91.